The summed E-state index contributed by atoms with van der Waals surface area (Å²) in [4.78, 5) is 20.9. The minimum absolute atomic E-state index is 0.876. The first kappa shape index (κ1) is 18.0. The Labute approximate surface area is 118 Å². The molecule has 0 aromatic rings. The van der Waals surface area contributed by atoms with Crippen LogP contribution in [0.2, 0.25) is 0 Å². The molecule has 1 aliphatic carbocycles. The van der Waals surface area contributed by atoms with E-state index in [1.165, 1.54) is 41.9 Å². The van der Waals surface area contributed by atoms with Gasteiger partial charge in [0.05, 0.1) is 14.1 Å². The lowest BCUT2D eigenvalue weighted by Gasteiger charge is -2.22. The summed E-state index contributed by atoms with van der Waals surface area (Å²) < 4.78 is 0. The van der Waals surface area contributed by atoms with Crippen molar-refractivity contribution in [3.8, 4) is 0 Å². The fourth-order valence-corrected chi connectivity index (χ4v) is 3.27. The van der Waals surface area contributed by atoms with Crippen LogP contribution in [-0.4, -0.2) is 42.9 Å². The van der Waals surface area contributed by atoms with Crippen LogP contribution in [0.3, 0.4) is 0 Å². The number of carboxylic acids is 2. The second kappa shape index (κ2) is 9.86. The van der Waals surface area contributed by atoms with Crippen LogP contribution >= 0.6 is 11.8 Å². The maximum atomic E-state index is 9.04. The molecule has 1 fully saturated rings. The van der Waals surface area contributed by atoms with Crippen molar-refractivity contribution in [3.05, 3.63) is 11.5 Å². The lowest BCUT2D eigenvalue weighted by atomic mass is 10.0. The number of hydrogen-bond donors (Lipinski definition) is 2. The quantitative estimate of drug-likeness (QED) is 0.684. The molecule has 0 aliphatic heterocycles. The molecule has 0 amide bonds. The van der Waals surface area contributed by atoms with Crippen LogP contribution < -0.4 is 10.0 Å². The SMILES string of the molecule is C=C(C[NH+](C)C)SC1CCCCC1.O=C([O-])C(=O)O. The smallest absolute Gasteiger partial charge is 0.351 e. The van der Waals surface area contributed by atoms with Gasteiger partial charge >= 0.3 is 5.97 Å². The molecule has 0 aromatic carbocycles. The van der Waals surface area contributed by atoms with Gasteiger partial charge in [0.25, 0.3) is 0 Å². The molecule has 2 N–H and O–H groups in total. The fourth-order valence-electron chi connectivity index (χ4n) is 1.85. The zero-order valence-electron chi connectivity index (χ0n) is 11.6. The largest absolute Gasteiger partial charge is 0.539 e. The molecule has 110 valence electrons. The molecule has 0 bridgehead atoms. The topological polar surface area (TPSA) is 81.9 Å². The Bertz CT molecular complexity index is 300. The predicted octanol–water partition coefficient (Wildman–Crippen LogP) is -0.469. The first-order chi connectivity index (χ1) is 8.82. The zero-order valence-corrected chi connectivity index (χ0v) is 12.4. The van der Waals surface area contributed by atoms with Crippen molar-refractivity contribution in [2.24, 2.45) is 0 Å². The minimum atomic E-state index is -2.07. The van der Waals surface area contributed by atoms with Crippen molar-refractivity contribution in [1.82, 2.24) is 0 Å². The summed E-state index contributed by atoms with van der Waals surface area (Å²) in [5.41, 5.74) is 0. The van der Waals surface area contributed by atoms with Crippen LogP contribution in [0, 0.1) is 0 Å². The summed E-state index contributed by atoms with van der Waals surface area (Å²) >= 11 is 2.03. The van der Waals surface area contributed by atoms with Gasteiger partial charge < -0.3 is 19.9 Å². The Morgan fingerprint density at radius 1 is 1.32 bits per heavy atom. The van der Waals surface area contributed by atoms with E-state index in [4.69, 9.17) is 19.8 Å². The lowest BCUT2D eigenvalue weighted by molar-refractivity contribution is -0.852. The zero-order chi connectivity index (χ0) is 14.8. The second-order valence-corrected chi connectivity index (χ2v) is 6.37. The Morgan fingerprint density at radius 2 is 1.79 bits per heavy atom. The first-order valence-corrected chi connectivity index (χ1v) is 7.28. The fraction of sp³-hybridized carbons (Fsp3) is 0.692. The number of hydrogen-bond acceptors (Lipinski definition) is 4. The molecule has 0 heterocycles. The van der Waals surface area contributed by atoms with E-state index in [1.807, 2.05) is 11.8 Å². The molecule has 1 rings (SSSR count). The Balaban J connectivity index is 0.000000459. The Hall–Kier alpha value is -1.01. The molecule has 0 saturated heterocycles. The van der Waals surface area contributed by atoms with Gasteiger partial charge in [-0.15, -0.1) is 11.8 Å². The van der Waals surface area contributed by atoms with Gasteiger partial charge in [-0.1, -0.05) is 25.8 Å². The van der Waals surface area contributed by atoms with Crippen molar-refractivity contribution < 1.29 is 24.7 Å². The monoisotopic (exact) mass is 289 g/mol. The third kappa shape index (κ3) is 10.6. The predicted molar refractivity (Wildman–Crippen MR) is 73.9 cm³/mol. The summed E-state index contributed by atoms with van der Waals surface area (Å²) in [6.07, 6.45) is 7.13. The Morgan fingerprint density at radius 3 is 2.16 bits per heavy atom. The van der Waals surface area contributed by atoms with Crippen LogP contribution in [0.4, 0.5) is 0 Å². The average molecular weight is 289 g/mol. The number of carbonyl (C=O) groups excluding carboxylic acids is 1. The van der Waals surface area contributed by atoms with Gasteiger partial charge in [-0.05, 0) is 12.8 Å². The highest BCUT2D eigenvalue weighted by molar-refractivity contribution is 8.03. The number of quaternary nitrogens is 1. The number of rotatable bonds is 4. The van der Waals surface area contributed by atoms with E-state index in [9.17, 15) is 0 Å². The molecule has 1 saturated carbocycles. The standard InChI is InChI=1S/C11H21NS.C2H2O4/c1-10(9-12(2)3)13-11-7-5-4-6-8-11;3-1(4)2(5)6/h11H,1,4-9H2,2-3H3;(H,3,4)(H,5,6). The maximum absolute atomic E-state index is 9.04. The molecule has 19 heavy (non-hydrogen) atoms. The van der Waals surface area contributed by atoms with Gasteiger partial charge in [-0.3, -0.25) is 0 Å². The third-order valence-corrected chi connectivity index (χ3v) is 3.89. The normalized spacial score (nSPS) is 15.5. The molecular weight excluding hydrogens is 266 g/mol. The first-order valence-electron chi connectivity index (χ1n) is 6.40. The van der Waals surface area contributed by atoms with Crippen LogP contribution in [-0.2, 0) is 9.59 Å². The lowest BCUT2D eigenvalue weighted by Crippen LogP contribution is -3.05. The van der Waals surface area contributed by atoms with Gasteiger partial charge in [0, 0.05) is 10.2 Å². The summed E-state index contributed by atoms with van der Waals surface area (Å²) in [7, 11) is 4.37. The van der Waals surface area contributed by atoms with Gasteiger partial charge in [-0.2, -0.15) is 0 Å². The van der Waals surface area contributed by atoms with E-state index in [1.54, 1.807) is 0 Å². The molecule has 0 radical (unpaired) electrons. The number of carbonyl (C=O) groups is 2. The van der Waals surface area contributed by atoms with E-state index in [0.29, 0.717) is 0 Å². The molecule has 1 aliphatic rings. The van der Waals surface area contributed by atoms with Crippen molar-refractivity contribution >= 4 is 23.7 Å². The van der Waals surface area contributed by atoms with Crippen LogP contribution in [0.1, 0.15) is 32.1 Å². The van der Waals surface area contributed by atoms with Crippen molar-refractivity contribution in [2.75, 3.05) is 20.6 Å². The molecule has 0 atom stereocenters. The van der Waals surface area contributed by atoms with Gasteiger partial charge in [0.15, 0.2) is 5.97 Å². The molecule has 5 nitrogen and oxygen atoms in total. The number of nitrogens with one attached hydrogen (secondary N) is 1. The molecular formula is C13H23NO4S. The van der Waals surface area contributed by atoms with Crippen molar-refractivity contribution in [3.63, 3.8) is 0 Å². The van der Waals surface area contributed by atoms with E-state index < -0.39 is 11.9 Å². The number of thioether (sulfide) groups is 1. The van der Waals surface area contributed by atoms with Crippen LogP contribution in [0.5, 0.6) is 0 Å². The summed E-state index contributed by atoms with van der Waals surface area (Å²) in [6, 6.07) is 0. The summed E-state index contributed by atoms with van der Waals surface area (Å²) in [6.45, 7) is 5.24. The van der Waals surface area contributed by atoms with E-state index >= 15 is 0 Å². The summed E-state index contributed by atoms with van der Waals surface area (Å²) in [5.74, 6) is -4.01. The molecule has 0 aromatic heterocycles. The van der Waals surface area contributed by atoms with Crippen LogP contribution in [0.25, 0.3) is 0 Å². The average Bonchev–Trinajstić information content (AvgIpc) is 2.29. The minimum Gasteiger partial charge on any atom is -0.539 e. The number of carboxylic acid groups (broad SMARTS) is 2. The highest BCUT2D eigenvalue weighted by Crippen LogP contribution is 2.31. The molecule has 0 spiro atoms. The van der Waals surface area contributed by atoms with E-state index in [-0.39, 0.29) is 0 Å². The van der Waals surface area contributed by atoms with E-state index in [0.717, 1.165) is 11.8 Å². The maximum Gasteiger partial charge on any atom is 0.351 e. The Kier molecular flexibility index (Phi) is 9.34. The highest BCUT2D eigenvalue weighted by atomic mass is 32.2. The number of likely N-dealkylation sites (N-methyl/N-ethyl adjacent to an activating group) is 1. The third-order valence-electron chi connectivity index (χ3n) is 2.61. The highest BCUT2D eigenvalue weighted by Gasteiger charge is 2.15. The van der Waals surface area contributed by atoms with Crippen LogP contribution in [0.15, 0.2) is 11.5 Å². The van der Waals surface area contributed by atoms with Gasteiger partial charge in [0.2, 0.25) is 0 Å². The van der Waals surface area contributed by atoms with Crippen molar-refractivity contribution in [1.29, 1.82) is 0 Å². The summed E-state index contributed by atoms with van der Waals surface area (Å²) in [5, 5.41) is 17.2. The number of aliphatic carboxylic acids is 2. The van der Waals surface area contributed by atoms with Gasteiger partial charge in [-0.25, -0.2) is 4.79 Å². The molecule has 0 unspecified atom stereocenters. The van der Waals surface area contributed by atoms with Gasteiger partial charge in [0.1, 0.15) is 6.54 Å². The second-order valence-electron chi connectivity index (χ2n) is 4.89. The van der Waals surface area contributed by atoms with E-state index in [2.05, 4.69) is 20.7 Å². The van der Waals surface area contributed by atoms with Crippen molar-refractivity contribution in [2.45, 2.75) is 37.4 Å². The molecule has 6 heteroatoms.